The second-order valence-corrected chi connectivity index (χ2v) is 8.53. The van der Waals surface area contributed by atoms with Gasteiger partial charge in [-0.1, -0.05) is 13.8 Å². The zero-order valence-electron chi connectivity index (χ0n) is 11.4. The van der Waals surface area contributed by atoms with E-state index in [0.29, 0.717) is 5.41 Å². The SMILES string of the molecule is CN(C1CCSC1)C1(CN)CSCC(C)(C)C1. The van der Waals surface area contributed by atoms with Crippen molar-refractivity contribution in [2.45, 2.75) is 38.3 Å². The van der Waals surface area contributed by atoms with Crippen molar-refractivity contribution in [1.29, 1.82) is 0 Å². The first-order valence-corrected chi connectivity index (χ1v) is 8.89. The van der Waals surface area contributed by atoms with Gasteiger partial charge in [0.1, 0.15) is 0 Å². The van der Waals surface area contributed by atoms with E-state index in [1.807, 2.05) is 0 Å². The number of nitrogens with zero attached hydrogens (tertiary/aromatic N) is 1. The third-order valence-electron chi connectivity index (χ3n) is 4.25. The maximum Gasteiger partial charge on any atom is 0.0427 e. The van der Waals surface area contributed by atoms with Crippen molar-refractivity contribution in [3.8, 4) is 0 Å². The van der Waals surface area contributed by atoms with Crippen molar-refractivity contribution >= 4 is 23.5 Å². The Kier molecular flexibility index (Phi) is 4.39. The summed E-state index contributed by atoms with van der Waals surface area (Å²) in [6, 6.07) is 0.748. The van der Waals surface area contributed by atoms with Crippen LogP contribution in [0.5, 0.6) is 0 Å². The van der Waals surface area contributed by atoms with Crippen LogP contribution in [-0.2, 0) is 0 Å². The van der Waals surface area contributed by atoms with Crippen molar-refractivity contribution < 1.29 is 0 Å². The summed E-state index contributed by atoms with van der Waals surface area (Å²) in [5.41, 5.74) is 6.84. The molecule has 0 spiro atoms. The second-order valence-electron chi connectivity index (χ2n) is 6.39. The zero-order chi connectivity index (χ0) is 12.5. The minimum Gasteiger partial charge on any atom is -0.329 e. The minimum absolute atomic E-state index is 0.238. The van der Waals surface area contributed by atoms with E-state index in [0.717, 1.165) is 12.6 Å². The summed E-state index contributed by atoms with van der Waals surface area (Å²) in [5, 5.41) is 0. The molecule has 2 nitrogen and oxygen atoms in total. The van der Waals surface area contributed by atoms with Gasteiger partial charge in [0.15, 0.2) is 0 Å². The molecule has 2 aliphatic rings. The highest BCUT2D eigenvalue weighted by Crippen LogP contribution is 2.43. The van der Waals surface area contributed by atoms with Gasteiger partial charge in [-0.25, -0.2) is 0 Å². The van der Waals surface area contributed by atoms with Crippen LogP contribution in [0.3, 0.4) is 0 Å². The van der Waals surface area contributed by atoms with Crippen LogP contribution in [0.1, 0.15) is 26.7 Å². The van der Waals surface area contributed by atoms with Crippen LogP contribution < -0.4 is 5.73 Å². The smallest absolute Gasteiger partial charge is 0.0427 e. The fourth-order valence-corrected chi connectivity index (χ4v) is 6.05. The highest BCUT2D eigenvalue weighted by molar-refractivity contribution is 7.99. The number of likely N-dealkylation sites (N-methyl/N-ethyl adjacent to an activating group) is 1. The Morgan fingerprint density at radius 2 is 2.06 bits per heavy atom. The van der Waals surface area contributed by atoms with Gasteiger partial charge in [0.05, 0.1) is 0 Å². The molecule has 0 aromatic carbocycles. The Bertz CT molecular complexity index is 264. The maximum absolute atomic E-state index is 6.17. The van der Waals surface area contributed by atoms with Gasteiger partial charge in [0, 0.05) is 29.6 Å². The van der Waals surface area contributed by atoms with E-state index in [4.69, 9.17) is 5.73 Å². The van der Waals surface area contributed by atoms with Gasteiger partial charge in [-0.05, 0) is 36.8 Å². The quantitative estimate of drug-likeness (QED) is 0.855. The molecule has 2 heterocycles. The summed E-state index contributed by atoms with van der Waals surface area (Å²) >= 11 is 4.19. The lowest BCUT2D eigenvalue weighted by Crippen LogP contribution is -2.61. The van der Waals surface area contributed by atoms with Gasteiger partial charge in [-0.2, -0.15) is 23.5 Å². The molecule has 0 aliphatic carbocycles. The largest absolute Gasteiger partial charge is 0.329 e. The van der Waals surface area contributed by atoms with Crippen molar-refractivity contribution in [2.24, 2.45) is 11.1 Å². The average Bonchev–Trinajstić information content (AvgIpc) is 2.79. The fraction of sp³-hybridized carbons (Fsp3) is 1.00. The molecule has 2 fully saturated rings. The molecule has 2 rings (SSSR count). The molecule has 2 atom stereocenters. The average molecular weight is 274 g/mol. The van der Waals surface area contributed by atoms with E-state index in [9.17, 15) is 0 Å². The molecule has 2 unspecified atom stereocenters. The van der Waals surface area contributed by atoms with Crippen molar-refractivity contribution in [2.75, 3.05) is 36.6 Å². The molecule has 0 aromatic heterocycles. The van der Waals surface area contributed by atoms with E-state index in [1.54, 1.807) is 0 Å². The molecule has 2 saturated heterocycles. The molecular formula is C13H26N2S2. The first-order valence-electron chi connectivity index (χ1n) is 6.58. The molecule has 2 N–H and O–H groups in total. The lowest BCUT2D eigenvalue weighted by Gasteiger charge is -2.51. The number of hydrogen-bond acceptors (Lipinski definition) is 4. The maximum atomic E-state index is 6.17. The minimum atomic E-state index is 0.238. The Hall–Kier alpha value is 0.620. The van der Waals surface area contributed by atoms with Crippen LogP contribution in [0.2, 0.25) is 0 Å². The highest BCUT2D eigenvalue weighted by atomic mass is 32.2. The Balaban J connectivity index is 2.12. The predicted molar refractivity (Wildman–Crippen MR) is 81.0 cm³/mol. The van der Waals surface area contributed by atoms with E-state index < -0.39 is 0 Å². The van der Waals surface area contributed by atoms with Crippen molar-refractivity contribution in [3.63, 3.8) is 0 Å². The lowest BCUT2D eigenvalue weighted by atomic mass is 9.78. The number of thioether (sulfide) groups is 2. The third-order valence-corrected chi connectivity index (χ3v) is 7.12. The lowest BCUT2D eigenvalue weighted by molar-refractivity contribution is 0.0637. The summed E-state index contributed by atoms with van der Waals surface area (Å²) in [5.74, 6) is 5.11. The first-order chi connectivity index (χ1) is 7.99. The molecule has 0 amide bonds. The third kappa shape index (κ3) is 2.96. The van der Waals surface area contributed by atoms with Gasteiger partial charge in [-0.15, -0.1) is 0 Å². The van der Waals surface area contributed by atoms with Gasteiger partial charge in [-0.3, -0.25) is 4.90 Å². The van der Waals surface area contributed by atoms with Crippen LogP contribution in [-0.4, -0.2) is 53.1 Å². The molecular weight excluding hydrogens is 248 g/mol. The topological polar surface area (TPSA) is 29.3 Å². The molecule has 17 heavy (non-hydrogen) atoms. The first kappa shape index (κ1) is 14.0. The normalized spacial score (nSPS) is 37.6. The Labute approximate surface area is 114 Å². The van der Waals surface area contributed by atoms with Gasteiger partial charge in [0.2, 0.25) is 0 Å². The molecule has 100 valence electrons. The van der Waals surface area contributed by atoms with Crippen molar-refractivity contribution in [3.05, 3.63) is 0 Å². The van der Waals surface area contributed by atoms with Crippen molar-refractivity contribution in [1.82, 2.24) is 4.90 Å². The summed E-state index contributed by atoms with van der Waals surface area (Å²) in [6.07, 6.45) is 2.59. The Morgan fingerprint density at radius 3 is 2.59 bits per heavy atom. The van der Waals surface area contributed by atoms with E-state index >= 15 is 0 Å². The van der Waals surface area contributed by atoms with E-state index in [1.165, 1.54) is 35.9 Å². The molecule has 4 heteroatoms. The predicted octanol–water partition coefficient (Wildman–Crippen LogP) is 2.28. The summed E-state index contributed by atoms with van der Waals surface area (Å²) < 4.78 is 0. The van der Waals surface area contributed by atoms with Crippen LogP contribution in [0.4, 0.5) is 0 Å². The molecule has 2 aliphatic heterocycles. The molecule has 0 bridgehead atoms. The summed E-state index contributed by atoms with van der Waals surface area (Å²) in [6.45, 7) is 5.59. The van der Waals surface area contributed by atoms with Gasteiger partial charge in [0.25, 0.3) is 0 Å². The molecule has 0 radical (unpaired) electrons. The van der Waals surface area contributed by atoms with E-state index in [-0.39, 0.29) is 5.54 Å². The molecule has 0 saturated carbocycles. The highest BCUT2D eigenvalue weighted by Gasteiger charge is 2.44. The van der Waals surface area contributed by atoms with Crippen LogP contribution in [0, 0.1) is 5.41 Å². The van der Waals surface area contributed by atoms with Crippen LogP contribution in [0.15, 0.2) is 0 Å². The van der Waals surface area contributed by atoms with Gasteiger partial charge >= 0.3 is 0 Å². The summed E-state index contributed by atoms with van der Waals surface area (Å²) in [7, 11) is 2.31. The van der Waals surface area contributed by atoms with Crippen LogP contribution in [0.25, 0.3) is 0 Å². The number of nitrogens with two attached hydrogens (primary N) is 1. The fourth-order valence-electron chi connectivity index (χ4n) is 3.23. The second kappa shape index (κ2) is 5.32. The number of hydrogen-bond donors (Lipinski definition) is 1. The monoisotopic (exact) mass is 274 g/mol. The number of rotatable bonds is 3. The van der Waals surface area contributed by atoms with E-state index in [2.05, 4.69) is 49.3 Å². The Morgan fingerprint density at radius 1 is 1.29 bits per heavy atom. The molecule has 0 aromatic rings. The van der Waals surface area contributed by atoms with Crippen LogP contribution >= 0.6 is 23.5 Å². The zero-order valence-corrected chi connectivity index (χ0v) is 13.0. The summed E-state index contributed by atoms with van der Waals surface area (Å²) in [4.78, 5) is 2.63. The van der Waals surface area contributed by atoms with Gasteiger partial charge < -0.3 is 5.73 Å². The standard InChI is InChI=1S/C13H26N2S2/c1-12(2)7-13(8-14,10-17-9-12)15(3)11-4-5-16-6-11/h11H,4-10,14H2,1-3H3.